The number of benzene rings is 4. The Labute approximate surface area is 257 Å². The Morgan fingerprint density at radius 1 is 0.769 bits per heavy atom. The molecule has 0 saturated carbocycles. The van der Waals surface area contributed by atoms with E-state index in [-0.39, 0.29) is 34.2 Å². The van der Waals surface area contributed by atoms with Crippen LogP contribution in [0.3, 0.4) is 0 Å². The quantitative estimate of drug-likeness (QED) is 0.207. The molecule has 0 aliphatic heterocycles. The third-order valence-electron chi connectivity index (χ3n) is 7.45. The Morgan fingerprint density at radius 3 is 1.92 bits per heavy atom. The van der Waals surface area contributed by atoms with Gasteiger partial charge in [0.15, 0.2) is 0 Å². The first kappa shape index (κ1) is 30.2. The summed E-state index contributed by atoms with van der Waals surface area (Å²) in [5.74, 6) is 0.978. The summed E-state index contributed by atoms with van der Waals surface area (Å²) in [7, 11) is -1.77. The molecule has 6 heteroatoms. The topological polar surface area (TPSA) is 18.5 Å². The molecule has 2 aliphatic rings. The maximum absolute atomic E-state index is 6.79. The van der Waals surface area contributed by atoms with Crippen LogP contribution in [0.2, 0.25) is 19.6 Å². The Bertz CT molecular complexity index is 1500. The van der Waals surface area contributed by atoms with Gasteiger partial charge in [-0.3, -0.25) is 0 Å². The van der Waals surface area contributed by atoms with Crippen LogP contribution >= 0.6 is 0 Å². The van der Waals surface area contributed by atoms with Crippen LogP contribution in [-0.4, -0.2) is 18.3 Å². The number of hydrogen-bond acceptors (Lipinski definition) is 2. The van der Waals surface area contributed by atoms with Crippen LogP contribution in [0, 0.1) is 0 Å². The maximum Gasteiger partial charge on any atom is -1.00 e. The van der Waals surface area contributed by atoms with Gasteiger partial charge >= 0.3 is 234 Å². The predicted octanol–water partition coefficient (Wildman–Crippen LogP) is 2.02. The third kappa shape index (κ3) is 5.09. The second-order valence-electron chi connectivity index (χ2n) is 11.0. The van der Waals surface area contributed by atoms with Crippen molar-refractivity contribution < 1.29 is 56.7 Å². The predicted molar refractivity (Wildman–Crippen MR) is 153 cm³/mol. The van der Waals surface area contributed by atoms with E-state index in [4.69, 9.17) is 9.16 Å². The third-order valence-corrected chi connectivity index (χ3v) is 12.2. The summed E-state index contributed by atoms with van der Waals surface area (Å²) < 4.78 is 15.5. The number of halogens is 2. The Morgan fingerprint density at radius 2 is 1.33 bits per heavy atom. The molecule has 0 amide bonds. The fourth-order valence-electron chi connectivity index (χ4n) is 6.35. The van der Waals surface area contributed by atoms with Gasteiger partial charge < -0.3 is 24.8 Å². The van der Waals surface area contributed by atoms with Crippen LogP contribution in [0.4, 0.5) is 0 Å². The Balaban J connectivity index is 0.00000176. The van der Waals surface area contributed by atoms with Crippen LogP contribution < -0.4 is 29.6 Å². The van der Waals surface area contributed by atoms with E-state index >= 15 is 0 Å². The second kappa shape index (κ2) is 11.6. The van der Waals surface area contributed by atoms with Gasteiger partial charge in [0.25, 0.3) is 0 Å². The molecular weight excluding hydrogens is 619 g/mol. The van der Waals surface area contributed by atoms with Crippen molar-refractivity contribution in [3.63, 3.8) is 0 Å². The molecule has 0 aromatic heterocycles. The maximum atomic E-state index is 6.79. The van der Waals surface area contributed by atoms with E-state index in [0.29, 0.717) is 0 Å². The molecule has 1 unspecified atom stereocenters. The standard InChI is InChI=1S/C31H29O2Si.C2H4.2ClH.Zr/c1-20(33-34(2,3)4)32-29-18-17-25-22-12-6-5-11-21(22)19-28(25)31(29)30-26-15-9-7-13-23(26)24-14-8-10-16-27(24)30;1-2;;;/h5-18,20H,19H2,1-4H3;1H,2H3;2*1H;/q;;;;+2/p-2. The normalized spacial score (nSPS) is 14.7. The van der Waals surface area contributed by atoms with Crippen molar-refractivity contribution in [1.29, 1.82) is 0 Å². The molecule has 6 rings (SSSR count). The molecule has 199 valence electrons. The fraction of sp³-hybridized carbons (Fsp3) is 0.242. The van der Waals surface area contributed by atoms with Crippen molar-refractivity contribution in [3.8, 4) is 28.0 Å². The molecule has 0 saturated heterocycles. The summed E-state index contributed by atoms with van der Waals surface area (Å²) in [4.78, 5) is 0. The molecule has 0 heterocycles. The number of fused-ring (bicyclic) bond motifs is 6. The van der Waals surface area contributed by atoms with E-state index in [1.807, 2.05) is 0 Å². The van der Waals surface area contributed by atoms with Crippen molar-refractivity contribution in [2.75, 3.05) is 0 Å². The van der Waals surface area contributed by atoms with E-state index in [1.54, 1.807) is 0 Å². The van der Waals surface area contributed by atoms with Gasteiger partial charge in [0.05, 0.1) is 0 Å². The number of rotatable bonds is 6. The molecule has 0 N–H and O–H groups in total. The van der Waals surface area contributed by atoms with Gasteiger partial charge in [0.2, 0.25) is 0 Å². The van der Waals surface area contributed by atoms with E-state index in [0.717, 1.165) is 12.2 Å². The number of hydrogen-bond donors (Lipinski definition) is 0. The van der Waals surface area contributed by atoms with Gasteiger partial charge in [-0.2, -0.15) is 0 Å². The molecule has 0 radical (unpaired) electrons. The summed E-state index contributed by atoms with van der Waals surface area (Å²) in [6.07, 6.45) is 0.642. The molecular formula is C33H33Cl2O2SiZr. The van der Waals surface area contributed by atoms with Crippen LogP contribution in [0.1, 0.15) is 41.7 Å². The van der Waals surface area contributed by atoms with E-state index in [2.05, 4.69) is 122 Å². The summed E-state index contributed by atoms with van der Waals surface area (Å²) >= 11 is -1.12. The van der Waals surface area contributed by atoms with Crippen molar-refractivity contribution in [2.45, 2.75) is 49.3 Å². The molecule has 2 aliphatic carbocycles. The van der Waals surface area contributed by atoms with Gasteiger partial charge in [-0.05, 0) is 0 Å². The van der Waals surface area contributed by atoms with Crippen LogP contribution in [0.25, 0.3) is 22.3 Å². The first-order chi connectivity index (χ1) is 17.8. The Kier molecular flexibility index (Phi) is 8.96. The molecule has 1 atom stereocenters. The Hall–Kier alpha value is -1.81. The SMILES string of the molecule is C[CH]=[Zr+2][C]1(c2c(OC(C)O[Si](C)(C)C)ccc3c2Cc2ccccc2-3)c2ccccc2-c2ccccc21.[Cl-].[Cl-]. The zero-order valence-electron chi connectivity index (χ0n) is 23.0. The minimum Gasteiger partial charge on any atom is -1.00 e. The monoisotopic (exact) mass is 649 g/mol. The van der Waals surface area contributed by atoms with E-state index < -0.39 is 31.1 Å². The van der Waals surface area contributed by atoms with Crippen molar-refractivity contribution in [2.24, 2.45) is 0 Å². The minimum atomic E-state index is -1.77. The fourth-order valence-corrected chi connectivity index (χ4v) is 11.3. The zero-order chi connectivity index (χ0) is 25.8. The van der Waals surface area contributed by atoms with E-state index in [9.17, 15) is 0 Å². The van der Waals surface area contributed by atoms with Crippen molar-refractivity contribution >= 4 is 12.0 Å². The smallest absolute Gasteiger partial charge is 1.00 e. The van der Waals surface area contributed by atoms with Crippen LogP contribution in [0.15, 0.2) is 84.9 Å². The molecule has 39 heavy (non-hydrogen) atoms. The summed E-state index contributed by atoms with van der Waals surface area (Å²) in [5.41, 5.74) is 12.5. The summed E-state index contributed by atoms with van der Waals surface area (Å²) in [6.45, 7) is 11.0. The second-order valence-corrected chi connectivity index (χ2v) is 19.4. The first-order valence-corrected chi connectivity index (χ1v) is 19.2. The zero-order valence-corrected chi connectivity index (χ0v) is 28.0. The molecule has 0 fully saturated rings. The van der Waals surface area contributed by atoms with Gasteiger partial charge in [-0.15, -0.1) is 0 Å². The summed E-state index contributed by atoms with van der Waals surface area (Å²) in [6, 6.07) is 31.5. The minimum absolute atomic E-state index is 0. The van der Waals surface area contributed by atoms with Gasteiger partial charge in [0, 0.05) is 0 Å². The van der Waals surface area contributed by atoms with Gasteiger partial charge in [-0.25, -0.2) is 0 Å². The van der Waals surface area contributed by atoms with Crippen molar-refractivity contribution in [3.05, 3.63) is 113 Å². The number of ether oxygens (including phenoxy) is 1. The largest absolute Gasteiger partial charge is 1.00 e. The van der Waals surface area contributed by atoms with E-state index in [1.165, 1.54) is 50.1 Å². The van der Waals surface area contributed by atoms with Crippen molar-refractivity contribution in [1.82, 2.24) is 0 Å². The average Bonchev–Trinajstić information content (AvgIpc) is 3.37. The van der Waals surface area contributed by atoms with Gasteiger partial charge in [-0.1, -0.05) is 0 Å². The molecule has 0 bridgehead atoms. The van der Waals surface area contributed by atoms with Crippen LogP contribution in [-0.2, 0) is 36.7 Å². The summed E-state index contributed by atoms with van der Waals surface area (Å²) in [5, 5.41) is 0. The first-order valence-electron chi connectivity index (χ1n) is 13.2. The molecule has 4 aromatic rings. The molecule has 4 aromatic carbocycles. The van der Waals surface area contributed by atoms with Crippen LogP contribution in [0.5, 0.6) is 5.75 Å². The molecule has 2 nitrogen and oxygen atoms in total. The van der Waals surface area contributed by atoms with Gasteiger partial charge in [0.1, 0.15) is 0 Å². The molecule has 0 spiro atoms. The average molecular weight is 652 g/mol.